The van der Waals surface area contributed by atoms with Gasteiger partial charge in [-0.25, -0.2) is 13.2 Å². The first kappa shape index (κ1) is 20.5. The van der Waals surface area contributed by atoms with E-state index in [2.05, 4.69) is 10.0 Å². The number of halogens is 1. The van der Waals surface area contributed by atoms with Gasteiger partial charge in [0.15, 0.2) is 0 Å². The quantitative estimate of drug-likeness (QED) is 0.660. The number of sulfonamides is 1. The third-order valence-electron chi connectivity index (χ3n) is 3.50. The average molecular weight is 416 g/mol. The Balaban J connectivity index is 2.04. The Bertz CT molecular complexity index is 852. The molecule has 9 heteroatoms. The second-order valence-corrected chi connectivity index (χ2v) is 9.29. The van der Waals surface area contributed by atoms with Crippen LogP contribution in [0.5, 0.6) is 0 Å². The molecule has 2 amide bonds. The molecule has 0 saturated carbocycles. The van der Waals surface area contributed by atoms with Gasteiger partial charge in [-0.1, -0.05) is 24.6 Å². The summed E-state index contributed by atoms with van der Waals surface area (Å²) in [5.41, 5.74) is 0.943. The molecule has 142 valence electrons. The number of rotatable bonds is 8. The molecule has 0 fully saturated rings. The third-order valence-corrected chi connectivity index (χ3v) is 6.21. The molecule has 0 bridgehead atoms. The predicted octanol–water partition coefficient (Wildman–Crippen LogP) is 4.61. The van der Waals surface area contributed by atoms with Gasteiger partial charge in [-0.15, -0.1) is 11.3 Å². The summed E-state index contributed by atoms with van der Waals surface area (Å²) in [5.74, 6) is 0.0522. The van der Waals surface area contributed by atoms with Gasteiger partial charge in [0.1, 0.15) is 0 Å². The van der Waals surface area contributed by atoms with Gasteiger partial charge in [0.05, 0.1) is 22.3 Å². The zero-order chi connectivity index (χ0) is 19.2. The Kier molecular flexibility index (Phi) is 7.31. The van der Waals surface area contributed by atoms with Crippen LogP contribution in [-0.4, -0.2) is 31.6 Å². The molecule has 2 rings (SSSR count). The zero-order valence-corrected chi connectivity index (χ0v) is 17.0. The highest BCUT2D eigenvalue weighted by Gasteiger charge is 2.14. The number of benzene rings is 1. The van der Waals surface area contributed by atoms with E-state index in [0.717, 1.165) is 4.88 Å². The summed E-state index contributed by atoms with van der Waals surface area (Å²) in [5, 5.41) is 2.80. The Hall–Kier alpha value is -1.77. The van der Waals surface area contributed by atoms with E-state index in [1.165, 1.54) is 11.3 Å². The molecule has 2 N–H and O–H groups in total. The van der Waals surface area contributed by atoms with E-state index in [1.54, 1.807) is 42.2 Å². The van der Waals surface area contributed by atoms with Crippen LogP contribution in [0.1, 0.15) is 25.1 Å². The lowest BCUT2D eigenvalue weighted by atomic mass is 10.3. The number of anilines is 2. The molecule has 0 unspecified atom stereocenters. The maximum atomic E-state index is 12.5. The smallest absolute Gasteiger partial charge is 0.320 e. The second kappa shape index (κ2) is 9.25. The van der Waals surface area contributed by atoms with Crippen LogP contribution in [0, 0.1) is 0 Å². The third kappa shape index (κ3) is 6.19. The molecule has 0 saturated heterocycles. The Morgan fingerprint density at radius 3 is 2.54 bits per heavy atom. The predicted molar refractivity (Wildman–Crippen MR) is 109 cm³/mol. The van der Waals surface area contributed by atoms with Gasteiger partial charge in [0.2, 0.25) is 10.0 Å². The van der Waals surface area contributed by atoms with E-state index in [0.29, 0.717) is 35.2 Å². The normalized spacial score (nSPS) is 11.2. The van der Waals surface area contributed by atoms with Crippen LogP contribution >= 0.6 is 22.9 Å². The fraction of sp³-hybridized carbons (Fsp3) is 0.353. The van der Waals surface area contributed by atoms with Crippen molar-refractivity contribution in [2.24, 2.45) is 0 Å². The summed E-state index contributed by atoms with van der Waals surface area (Å²) >= 11 is 7.37. The van der Waals surface area contributed by atoms with Crippen molar-refractivity contribution in [2.45, 2.75) is 26.8 Å². The zero-order valence-electron chi connectivity index (χ0n) is 14.7. The Labute approximate surface area is 163 Å². The molecular weight excluding hydrogens is 394 g/mol. The van der Waals surface area contributed by atoms with E-state index >= 15 is 0 Å². The largest absolute Gasteiger partial charge is 0.322 e. The lowest BCUT2D eigenvalue weighted by Crippen LogP contribution is -2.34. The van der Waals surface area contributed by atoms with E-state index in [9.17, 15) is 13.2 Å². The minimum absolute atomic E-state index is 0.0522. The summed E-state index contributed by atoms with van der Waals surface area (Å²) in [6.07, 6.45) is 0.532. The van der Waals surface area contributed by atoms with Crippen molar-refractivity contribution in [3.05, 3.63) is 45.6 Å². The monoisotopic (exact) mass is 415 g/mol. The number of amides is 2. The van der Waals surface area contributed by atoms with Gasteiger partial charge in [-0.05, 0) is 43.7 Å². The SMILES string of the molecule is CCCS(=O)(=O)Nc1cccc(NC(=O)N(CC)Cc2ccc(Cl)s2)c1. The number of hydrogen-bond acceptors (Lipinski definition) is 4. The van der Waals surface area contributed by atoms with Crippen molar-refractivity contribution in [3.63, 3.8) is 0 Å². The van der Waals surface area contributed by atoms with Gasteiger partial charge < -0.3 is 10.2 Å². The summed E-state index contributed by atoms with van der Waals surface area (Å²) in [6.45, 7) is 4.69. The maximum absolute atomic E-state index is 12.5. The highest BCUT2D eigenvalue weighted by atomic mass is 35.5. The van der Waals surface area contributed by atoms with Crippen LogP contribution < -0.4 is 10.0 Å². The molecule has 1 heterocycles. The molecule has 26 heavy (non-hydrogen) atoms. The van der Waals surface area contributed by atoms with Crippen molar-refractivity contribution < 1.29 is 13.2 Å². The molecule has 2 aromatic rings. The van der Waals surface area contributed by atoms with E-state index in [4.69, 9.17) is 11.6 Å². The van der Waals surface area contributed by atoms with Crippen molar-refractivity contribution >= 4 is 50.4 Å². The second-order valence-electron chi connectivity index (χ2n) is 5.65. The number of carbonyl (C=O) groups excluding carboxylic acids is 1. The molecule has 0 aliphatic carbocycles. The van der Waals surface area contributed by atoms with Crippen LogP contribution in [0.2, 0.25) is 4.34 Å². The summed E-state index contributed by atoms with van der Waals surface area (Å²) in [4.78, 5) is 15.1. The standard InChI is InChI=1S/C17H22ClN3O3S2/c1-3-10-26(23,24)20-14-7-5-6-13(11-14)19-17(22)21(4-2)12-15-8-9-16(18)25-15/h5-9,11,20H,3-4,10,12H2,1-2H3,(H,19,22). The van der Waals surface area contributed by atoms with E-state index < -0.39 is 10.0 Å². The number of nitrogens with one attached hydrogen (secondary N) is 2. The van der Waals surface area contributed by atoms with Crippen LogP contribution in [0.15, 0.2) is 36.4 Å². The van der Waals surface area contributed by atoms with Crippen LogP contribution in [0.3, 0.4) is 0 Å². The Morgan fingerprint density at radius 1 is 1.19 bits per heavy atom. The highest BCUT2D eigenvalue weighted by Crippen LogP contribution is 2.23. The molecule has 1 aromatic carbocycles. The summed E-state index contributed by atoms with van der Waals surface area (Å²) in [7, 11) is -3.37. The first-order valence-electron chi connectivity index (χ1n) is 8.23. The lowest BCUT2D eigenvalue weighted by Gasteiger charge is -2.21. The van der Waals surface area contributed by atoms with Crippen LogP contribution in [0.4, 0.5) is 16.2 Å². The van der Waals surface area contributed by atoms with Crippen LogP contribution in [-0.2, 0) is 16.6 Å². The number of nitrogens with zero attached hydrogens (tertiary/aromatic N) is 1. The molecule has 1 aromatic heterocycles. The highest BCUT2D eigenvalue weighted by molar-refractivity contribution is 7.92. The average Bonchev–Trinajstić information content (AvgIpc) is 2.97. The topological polar surface area (TPSA) is 78.5 Å². The molecule has 0 atom stereocenters. The van der Waals surface area contributed by atoms with Gasteiger partial charge in [0, 0.05) is 17.1 Å². The first-order chi connectivity index (χ1) is 12.3. The van der Waals surface area contributed by atoms with Crippen molar-refractivity contribution in [1.29, 1.82) is 0 Å². The fourth-order valence-electron chi connectivity index (χ4n) is 2.31. The van der Waals surface area contributed by atoms with Gasteiger partial charge in [-0.2, -0.15) is 0 Å². The molecule has 0 radical (unpaired) electrons. The molecular formula is C17H22ClN3O3S2. The summed E-state index contributed by atoms with van der Waals surface area (Å²) < 4.78 is 27.0. The van der Waals surface area contributed by atoms with Gasteiger partial charge >= 0.3 is 6.03 Å². The molecule has 0 aliphatic heterocycles. The van der Waals surface area contributed by atoms with E-state index in [-0.39, 0.29) is 11.8 Å². The molecule has 0 aliphatic rings. The van der Waals surface area contributed by atoms with E-state index in [1.807, 2.05) is 13.0 Å². The summed E-state index contributed by atoms with van der Waals surface area (Å²) in [6, 6.07) is 10.1. The molecule has 6 nitrogen and oxygen atoms in total. The minimum Gasteiger partial charge on any atom is -0.320 e. The lowest BCUT2D eigenvalue weighted by molar-refractivity contribution is 0.212. The number of carbonyl (C=O) groups is 1. The fourth-order valence-corrected chi connectivity index (χ4v) is 4.54. The maximum Gasteiger partial charge on any atom is 0.322 e. The van der Waals surface area contributed by atoms with Crippen molar-refractivity contribution in [3.8, 4) is 0 Å². The van der Waals surface area contributed by atoms with Crippen molar-refractivity contribution in [2.75, 3.05) is 22.3 Å². The number of thiophene rings is 1. The van der Waals surface area contributed by atoms with Gasteiger partial charge in [-0.3, -0.25) is 4.72 Å². The number of urea groups is 1. The minimum atomic E-state index is -3.37. The number of hydrogen-bond donors (Lipinski definition) is 2. The van der Waals surface area contributed by atoms with Crippen LogP contribution in [0.25, 0.3) is 0 Å². The first-order valence-corrected chi connectivity index (χ1v) is 11.1. The Morgan fingerprint density at radius 2 is 1.92 bits per heavy atom. The molecule has 0 spiro atoms. The van der Waals surface area contributed by atoms with Gasteiger partial charge in [0.25, 0.3) is 0 Å². The van der Waals surface area contributed by atoms with Crippen molar-refractivity contribution in [1.82, 2.24) is 4.90 Å².